The number of hydrogen-bond acceptors (Lipinski definition) is 5. The molecule has 0 radical (unpaired) electrons. The Bertz CT molecular complexity index is 3780. The van der Waals surface area contributed by atoms with Gasteiger partial charge in [-0.3, -0.25) is 0 Å². The summed E-state index contributed by atoms with van der Waals surface area (Å²) >= 11 is 0. The van der Waals surface area contributed by atoms with Gasteiger partial charge in [-0.15, -0.1) is 0 Å². The van der Waals surface area contributed by atoms with Gasteiger partial charge in [0.15, 0.2) is 5.82 Å². The molecule has 0 atom stereocenters. The standard InChI is InChI=1S/C58H34N2O3/c1-2-13-36(14-3-1)50-34-51(37-29-27-35(28-30-37)41-18-10-21-47-44-15-4-7-24-52(44)61-55(41)47)60-58(59-50)40-32-38(42-19-11-22-48-45-16-5-8-25-53(45)62-56(42)48)31-39(33-40)43-20-12-23-49-46-17-6-9-26-54(46)63-57(43)49/h1-34H. The van der Waals surface area contributed by atoms with Crippen LogP contribution in [-0.4, -0.2) is 9.97 Å². The molecule has 0 fully saturated rings. The summed E-state index contributed by atoms with van der Waals surface area (Å²) in [6.45, 7) is 0. The maximum atomic E-state index is 6.62. The van der Waals surface area contributed by atoms with Gasteiger partial charge in [-0.2, -0.15) is 0 Å². The average molecular weight is 807 g/mol. The maximum Gasteiger partial charge on any atom is 0.160 e. The first-order chi connectivity index (χ1) is 31.2. The van der Waals surface area contributed by atoms with E-state index in [1.54, 1.807) is 0 Å². The van der Waals surface area contributed by atoms with Gasteiger partial charge in [-0.05, 0) is 59.2 Å². The molecule has 5 heteroatoms. The van der Waals surface area contributed by atoms with E-state index in [1.165, 1.54) is 0 Å². The van der Waals surface area contributed by atoms with Crippen LogP contribution in [-0.2, 0) is 0 Å². The van der Waals surface area contributed by atoms with Gasteiger partial charge in [0.25, 0.3) is 0 Å². The zero-order valence-electron chi connectivity index (χ0n) is 33.7. The smallest absolute Gasteiger partial charge is 0.160 e. The highest BCUT2D eigenvalue weighted by Gasteiger charge is 2.20. The highest BCUT2D eigenvalue weighted by molar-refractivity contribution is 6.12. The molecule has 0 saturated carbocycles. The number of hydrogen-bond donors (Lipinski definition) is 0. The first-order valence-corrected chi connectivity index (χ1v) is 21.1. The summed E-state index contributed by atoms with van der Waals surface area (Å²) in [5.41, 5.74) is 15.7. The van der Waals surface area contributed by atoms with E-state index in [-0.39, 0.29) is 0 Å². The zero-order chi connectivity index (χ0) is 41.4. The monoisotopic (exact) mass is 806 g/mol. The molecule has 4 aromatic heterocycles. The first-order valence-electron chi connectivity index (χ1n) is 21.1. The third-order valence-corrected chi connectivity index (χ3v) is 12.3. The van der Waals surface area contributed by atoms with E-state index in [4.69, 9.17) is 23.2 Å². The summed E-state index contributed by atoms with van der Waals surface area (Å²) in [6, 6.07) is 71.3. The maximum absolute atomic E-state index is 6.62. The zero-order valence-corrected chi connectivity index (χ0v) is 33.7. The molecule has 9 aromatic carbocycles. The summed E-state index contributed by atoms with van der Waals surface area (Å²) in [5.74, 6) is 0.610. The number of fused-ring (bicyclic) bond motifs is 9. The third-order valence-electron chi connectivity index (χ3n) is 12.3. The molecule has 0 bridgehead atoms. The average Bonchev–Trinajstić information content (AvgIpc) is 4.06. The van der Waals surface area contributed by atoms with Crippen molar-refractivity contribution >= 4 is 65.8 Å². The van der Waals surface area contributed by atoms with E-state index < -0.39 is 0 Å². The molecule has 13 aromatic rings. The molecule has 0 spiro atoms. The van der Waals surface area contributed by atoms with Crippen LogP contribution < -0.4 is 0 Å². The van der Waals surface area contributed by atoms with Gasteiger partial charge in [0.2, 0.25) is 0 Å². The lowest BCUT2D eigenvalue weighted by Crippen LogP contribution is -1.97. The van der Waals surface area contributed by atoms with Crippen LogP contribution in [0.15, 0.2) is 220 Å². The minimum atomic E-state index is 0.610. The van der Waals surface area contributed by atoms with Crippen LogP contribution in [0.1, 0.15) is 0 Å². The lowest BCUT2D eigenvalue weighted by molar-refractivity contribution is 0.669. The molecular formula is C58H34N2O3. The van der Waals surface area contributed by atoms with Crippen LogP contribution in [0, 0.1) is 0 Å². The largest absolute Gasteiger partial charge is 0.455 e. The Labute approximate surface area is 361 Å². The van der Waals surface area contributed by atoms with Gasteiger partial charge in [-0.25, -0.2) is 9.97 Å². The van der Waals surface area contributed by atoms with Gasteiger partial charge < -0.3 is 13.3 Å². The van der Waals surface area contributed by atoms with Crippen molar-refractivity contribution in [2.24, 2.45) is 0 Å². The van der Waals surface area contributed by atoms with Crippen molar-refractivity contribution in [3.63, 3.8) is 0 Å². The van der Waals surface area contributed by atoms with Crippen LogP contribution in [0.4, 0.5) is 0 Å². The number of aromatic nitrogens is 2. The molecule has 0 unspecified atom stereocenters. The van der Waals surface area contributed by atoms with E-state index in [0.29, 0.717) is 5.82 Å². The fourth-order valence-corrected chi connectivity index (χ4v) is 9.29. The minimum Gasteiger partial charge on any atom is -0.455 e. The second-order valence-electron chi connectivity index (χ2n) is 16.0. The Morgan fingerprint density at radius 3 is 1.10 bits per heavy atom. The number of benzene rings is 9. The SMILES string of the molecule is c1ccc(-c2cc(-c3ccc(-c4cccc5c4oc4ccccc45)cc3)nc(-c3cc(-c4cccc5c4oc4ccccc45)cc(-c4cccc5c4oc4ccccc45)c3)n2)cc1. The molecule has 0 aliphatic rings. The summed E-state index contributed by atoms with van der Waals surface area (Å²) in [6.07, 6.45) is 0. The molecule has 0 aliphatic carbocycles. The van der Waals surface area contributed by atoms with Crippen molar-refractivity contribution in [2.75, 3.05) is 0 Å². The Kier molecular flexibility index (Phi) is 7.84. The van der Waals surface area contributed by atoms with Crippen LogP contribution in [0.25, 0.3) is 133 Å². The normalized spacial score (nSPS) is 11.8. The first kappa shape index (κ1) is 35.2. The topological polar surface area (TPSA) is 65.2 Å². The molecule has 4 heterocycles. The van der Waals surface area contributed by atoms with Crippen molar-refractivity contribution in [1.29, 1.82) is 0 Å². The van der Waals surface area contributed by atoms with Crippen molar-refractivity contribution in [3.05, 3.63) is 206 Å². The number of furan rings is 3. The van der Waals surface area contributed by atoms with Gasteiger partial charge in [-0.1, -0.05) is 164 Å². The molecule has 13 rings (SSSR count). The predicted octanol–water partition coefficient (Wildman–Crippen LogP) is 16.2. The van der Waals surface area contributed by atoms with Gasteiger partial charge in [0.1, 0.15) is 33.5 Å². The fraction of sp³-hybridized carbons (Fsp3) is 0. The molecule has 63 heavy (non-hydrogen) atoms. The summed E-state index contributed by atoms with van der Waals surface area (Å²) in [4.78, 5) is 10.7. The highest BCUT2D eigenvalue weighted by Crippen LogP contribution is 2.43. The van der Waals surface area contributed by atoms with Gasteiger partial charge in [0, 0.05) is 65.7 Å². The Hall–Kier alpha value is -8.54. The van der Waals surface area contributed by atoms with Crippen molar-refractivity contribution < 1.29 is 13.3 Å². The van der Waals surface area contributed by atoms with Crippen molar-refractivity contribution in [2.45, 2.75) is 0 Å². The molecule has 294 valence electrons. The Morgan fingerprint density at radius 1 is 0.254 bits per heavy atom. The summed E-state index contributed by atoms with van der Waals surface area (Å²) < 4.78 is 19.6. The van der Waals surface area contributed by atoms with Crippen LogP contribution >= 0.6 is 0 Å². The molecule has 0 aliphatic heterocycles. The Balaban J connectivity index is 1.01. The molecular weight excluding hydrogens is 773 g/mol. The fourth-order valence-electron chi connectivity index (χ4n) is 9.29. The number of nitrogens with zero attached hydrogens (tertiary/aromatic N) is 2. The highest BCUT2D eigenvalue weighted by atomic mass is 16.3. The van der Waals surface area contributed by atoms with Gasteiger partial charge in [0.05, 0.1) is 11.4 Å². The van der Waals surface area contributed by atoms with E-state index in [0.717, 1.165) is 127 Å². The summed E-state index contributed by atoms with van der Waals surface area (Å²) in [7, 11) is 0. The van der Waals surface area contributed by atoms with E-state index >= 15 is 0 Å². The third kappa shape index (κ3) is 5.78. The van der Waals surface area contributed by atoms with Crippen LogP contribution in [0.5, 0.6) is 0 Å². The lowest BCUT2D eigenvalue weighted by atomic mass is 9.93. The molecule has 5 nitrogen and oxygen atoms in total. The quantitative estimate of drug-likeness (QED) is 0.167. The van der Waals surface area contributed by atoms with E-state index in [1.807, 2.05) is 54.6 Å². The molecule has 0 saturated heterocycles. The minimum absolute atomic E-state index is 0.610. The van der Waals surface area contributed by atoms with E-state index in [9.17, 15) is 0 Å². The second kappa shape index (κ2) is 14.0. The molecule has 0 N–H and O–H groups in total. The molecule has 0 amide bonds. The number of rotatable bonds is 6. The van der Waals surface area contributed by atoms with Crippen molar-refractivity contribution in [3.8, 4) is 67.3 Å². The summed E-state index contributed by atoms with van der Waals surface area (Å²) in [5, 5.41) is 6.53. The lowest BCUT2D eigenvalue weighted by Gasteiger charge is -2.13. The van der Waals surface area contributed by atoms with Crippen LogP contribution in [0.3, 0.4) is 0 Å². The van der Waals surface area contributed by atoms with Crippen molar-refractivity contribution in [1.82, 2.24) is 9.97 Å². The van der Waals surface area contributed by atoms with Gasteiger partial charge >= 0.3 is 0 Å². The Morgan fingerprint density at radius 2 is 0.619 bits per heavy atom. The number of para-hydroxylation sites is 6. The predicted molar refractivity (Wildman–Crippen MR) is 256 cm³/mol. The van der Waals surface area contributed by atoms with E-state index in [2.05, 4.69) is 152 Å². The second-order valence-corrected chi connectivity index (χ2v) is 16.0. The van der Waals surface area contributed by atoms with Crippen LogP contribution in [0.2, 0.25) is 0 Å².